The zero-order valence-electron chi connectivity index (χ0n) is 14.9. The molecule has 4 aromatic rings. The maximum Gasteiger partial charge on any atom is 0.289 e. The number of rotatable bonds is 4. The number of benzene rings is 2. The number of nitrogens with one attached hydrogen (secondary N) is 1. The number of hydrogen-bond donors (Lipinski definition) is 1. The second kappa shape index (κ2) is 7.65. The average molecular weight is 405 g/mol. The van der Waals surface area contributed by atoms with Crippen molar-refractivity contribution >= 4 is 39.8 Å². The lowest BCUT2D eigenvalue weighted by atomic mass is 10.0. The molecule has 1 N–H and O–H groups in total. The number of halogens is 1. The molecule has 142 valence electrons. The third kappa shape index (κ3) is 3.76. The van der Waals surface area contributed by atoms with Crippen molar-refractivity contribution < 1.29 is 9.72 Å². The number of para-hydroxylation sites is 1. The smallest absolute Gasteiger partial charge is 0.289 e. The van der Waals surface area contributed by atoms with Gasteiger partial charge in [0.2, 0.25) is 0 Å². The van der Waals surface area contributed by atoms with Crippen LogP contribution in [0.1, 0.15) is 10.4 Å². The molecule has 0 bridgehead atoms. The molecule has 0 fully saturated rings. The molecule has 0 radical (unpaired) electrons. The van der Waals surface area contributed by atoms with Gasteiger partial charge in [0, 0.05) is 35.1 Å². The first-order valence-corrected chi connectivity index (χ1v) is 8.96. The third-order valence-electron chi connectivity index (χ3n) is 4.34. The fourth-order valence-corrected chi connectivity index (χ4v) is 3.15. The summed E-state index contributed by atoms with van der Waals surface area (Å²) in [7, 11) is 0. The first-order valence-electron chi connectivity index (χ1n) is 8.58. The van der Waals surface area contributed by atoms with Crippen molar-refractivity contribution in [2.75, 3.05) is 5.32 Å². The standard InChI is InChI=1S/C21H13ClN4O3/c22-17-6-5-14(11-20(17)26(28)29)24-21(27)16-12-19(13-7-9-23-10-8-13)25-18-4-2-1-3-15(16)18/h1-12H,(H,24,27). The summed E-state index contributed by atoms with van der Waals surface area (Å²) in [6.45, 7) is 0. The summed E-state index contributed by atoms with van der Waals surface area (Å²) < 4.78 is 0. The molecule has 0 saturated heterocycles. The minimum absolute atomic E-state index is 0.00216. The number of nitro groups is 1. The van der Waals surface area contributed by atoms with Gasteiger partial charge in [-0.3, -0.25) is 19.9 Å². The number of anilines is 1. The van der Waals surface area contributed by atoms with E-state index in [2.05, 4.69) is 15.3 Å². The van der Waals surface area contributed by atoms with Gasteiger partial charge in [0.1, 0.15) is 5.02 Å². The molecule has 0 aliphatic rings. The lowest BCUT2D eigenvalue weighted by Crippen LogP contribution is -2.13. The number of carbonyl (C=O) groups excluding carboxylic acids is 1. The summed E-state index contributed by atoms with van der Waals surface area (Å²) in [5.74, 6) is -0.407. The molecule has 4 rings (SSSR count). The van der Waals surface area contributed by atoms with E-state index in [9.17, 15) is 14.9 Å². The molecule has 8 heteroatoms. The summed E-state index contributed by atoms with van der Waals surface area (Å²) in [6, 6.07) is 16.7. The van der Waals surface area contributed by atoms with Crippen molar-refractivity contribution in [3.63, 3.8) is 0 Å². The van der Waals surface area contributed by atoms with Gasteiger partial charge < -0.3 is 5.32 Å². The van der Waals surface area contributed by atoms with Gasteiger partial charge in [0.25, 0.3) is 11.6 Å². The van der Waals surface area contributed by atoms with Gasteiger partial charge in [-0.1, -0.05) is 29.8 Å². The van der Waals surface area contributed by atoms with E-state index in [0.29, 0.717) is 22.2 Å². The van der Waals surface area contributed by atoms with Gasteiger partial charge in [0.15, 0.2) is 0 Å². The molecule has 0 aliphatic heterocycles. The molecule has 0 atom stereocenters. The maximum absolute atomic E-state index is 13.0. The zero-order chi connectivity index (χ0) is 20.4. The molecule has 1 amide bonds. The fourth-order valence-electron chi connectivity index (χ4n) is 2.96. The Kier molecular flexibility index (Phi) is 4.88. The minimum atomic E-state index is -0.596. The third-order valence-corrected chi connectivity index (χ3v) is 4.66. The highest BCUT2D eigenvalue weighted by atomic mass is 35.5. The number of nitro benzene ring substituents is 1. The van der Waals surface area contributed by atoms with Crippen LogP contribution in [0.5, 0.6) is 0 Å². The van der Waals surface area contributed by atoms with Crippen molar-refractivity contribution in [1.82, 2.24) is 9.97 Å². The number of pyridine rings is 2. The minimum Gasteiger partial charge on any atom is -0.322 e. The second-order valence-electron chi connectivity index (χ2n) is 6.19. The molecule has 0 aliphatic carbocycles. The predicted molar refractivity (Wildman–Crippen MR) is 111 cm³/mol. The Morgan fingerprint density at radius 3 is 2.55 bits per heavy atom. The summed E-state index contributed by atoms with van der Waals surface area (Å²) in [4.78, 5) is 32.2. The number of carbonyl (C=O) groups is 1. The van der Waals surface area contributed by atoms with Crippen molar-refractivity contribution in [3.8, 4) is 11.3 Å². The van der Waals surface area contributed by atoms with Crippen LogP contribution in [-0.4, -0.2) is 20.8 Å². The second-order valence-corrected chi connectivity index (χ2v) is 6.59. The van der Waals surface area contributed by atoms with E-state index in [1.54, 1.807) is 36.7 Å². The van der Waals surface area contributed by atoms with E-state index in [4.69, 9.17) is 11.6 Å². The van der Waals surface area contributed by atoms with E-state index in [-0.39, 0.29) is 16.4 Å². The first kappa shape index (κ1) is 18.5. The van der Waals surface area contributed by atoms with Crippen LogP contribution in [0.15, 0.2) is 73.1 Å². The summed E-state index contributed by atoms with van der Waals surface area (Å²) in [5.41, 5.74) is 2.51. The molecule has 0 spiro atoms. The fraction of sp³-hybridized carbons (Fsp3) is 0. The summed E-state index contributed by atoms with van der Waals surface area (Å²) >= 11 is 5.84. The van der Waals surface area contributed by atoms with Crippen molar-refractivity contribution in [2.45, 2.75) is 0 Å². The lowest BCUT2D eigenvalue weighted by molar-refractivity contribution is -0.384. The van der Waals surface area contributed by atoms with Gasteiger partial charge >= 0.3 is 0 Å². The first-order chi connectivity index (χ1) is 14.0. The Balaban J connectivity index is 1.78. The van der Waals surface area contributed by atoms with Crippen LogP contribution in [0.3, 0.4) is 0 Å². The van der Waals surface area contributed by atoms with E-state index < -0.39 is 10.8 Å². The van der Waals surface area contributed by atoms with Gasteiger partial charge in [-0.2, -0.15) is 0 Å². The Hall–Kier alpha value is -3.84. The van der Waals surface area contributed by atoms with Gasteiger partial charge in [-0.25, -0.2) is 4.98 Å². The molecular formula is C21H13ClN4O3. The SMILES string of the molecule is O=C(Nc1ccc(Cl)c([N+](=O)[O-])c1)c1cc(-c2ccncc2)nc2ccccc12. The Labute approximate surface area is 170 Å². The molecular weight excluding hydrogens is 392 g/mol. The highest BCUT2D eigenvalue weighted by molar-refractivity contribution is 6.32. The number of hydrogen-bond acceptors (Lipinski definition) is 5. The Morgan fingerprint density at radius 1 is 1.03 bits per heavy atom. The maximum atomic E-state index is 13.0. The quantitative estimate of drug-likeness (QED) is 0.376. The van der Waals surface area contributed by atoms with E-state index in [1.807, 2.05) is 18.2 Å². The van der Waals surface area contributed by atoms with Gasteiger partial charge in [0.05, 0.1) is 21.7 Å². The molecule has 7 nitrogen and oxygen atoms in total. The molecule has 2 heterocycles. The van der Waals surface area contributed by atoms with E-state index >= 15 is 0 Å². The summed E-state index contributed by atoms with van der Waals surface area (Å²) in [6.07, 6.45) is 3.30. The van der Waals surface area contributed by atoms with Crippen LogP contribution in [0.2, 0.25) is 5.02 Å². The van der Waals surface area contributed by atoms with Gasteiger partial charge in [-0.15, -0.1) is 0 Å². The molecule has 0 saturated carbocycles. The zero-order valence-corrected chi connectivity index (χ0v) is 15.6. The van der Waals surface area contributed by atoms with Crippen LogP contribution < -0.4 is 5.32 Å². The van der Waals surface area contributed by atoms with E-state index in [1.165, 1.54) is 18.2 Å². The number of fused-ring (bicyclic) bond motifs is 1. The summed E-state index contributed by atoms with van der Waals surface area (Å²) in [5, 5.41) is 14.5. The van der Waals surface area contributed by atoms with Crippen LogP contribution >= 0.6 is 11.6 Å². The Morgan fingerprint density at radius 2 is 1.79 bits per heavy atom. The van der Waals surface area contributed by atoms with Crippen LogP contribution in [0.25, 0.3) is 22.2 Å². The molecule has 0 unspecified atom stereocenters. The van der Waals surface area contributed by atoms with Crippen LogP contribution in [-0.2, 0) is 0 Å². The lowest BCUT2D eigenvalue weighted by Gasteiger charge is -2.11. The van der Waals surface area contributed by atoms with Crippen LogP contribution in [0, 0.1) is 10.1 Å². The monoisotopic (exact) mass is 404 g/mol. The average Bonchev–Trinajstić information content (AvgIpc) is 2.74. The van der Waals surface area contributed by atoms with E-state index in [0.717, 1.165) is 5.56 Å². The number of aromatic nitrogens is 2. The largest absolute Gasteiger partial charge is 0.322 e. The molecule has 29 heavy (non-hydrogen) atoms. The Bertz CT molecular complexity index is 1250. The molecule has 2 aromatic carbocycles. The number of nitrogens with zero attached hydrogens (tertiary/aromatic N) is 3. The van der Waals surface area contributed by atoms with Crippen LogP contribution in [0.4, 0.5) is 11.4 Å². The molecule has 2 aromatic heterocycles. The normalized spacial score (nSPS) is 10.7. The number of amides is 1. The predicted octanol–water partition coefficient (Wildman–Crippen LogP) is 5.11. The highest BCUT2D eigenvalue weighted by Gasteiger charge is 2.17. The topological polar surface area (TPSA) is 98.0 Å². The highest BCUT2D eigenvalue weighted by Crippen LogP contribution is 2.29. The van der Waals surface area contributed by atoms with Crippen molar-refractivity contribution in [1.29, 1.82) is 0 Å². The van der Waals surface area contributed by atoms with Crippen molar-refractivity contribution in [3.05, 3.63) is 93.8 Å². The van der Waals surface area contributed by atoms with Gasteiger partial charge in [-0.05, 0) is 36.4 Å². The van der Waals surface area contributed by atoms with Crippen molar-refractivity contribution in [2.24, 2.45) is 0 Å².